The van der Waals surface area contributed by atoms with E-state index in [4.69, 9.17) is 10.1 Å². The first-order chi connectivity index (χ1) is 28.0. The molecular weight excluding hydrogens is 707 g/mol. The summed E-state index contributed by atoms with van der Waals surface area (Å²) < 4.78 is 4.67. The minimum Gasteiger partial charge on any atom is -0.294 e. The van der Waals surface area contributed by atoms with Gasteiger partial charge in [-0.25, -0.2) is 4.98 Å². The van der Waals surface area contributed by atoms with Gasteiger partial charge in [0.2, 0.25) is 0 Å². The van der Waals surface area contributed by atoms with Crippen molar-refractivity contribution in [2.45, 2.75) is 57.8 Å². The van der Waals surface area contributed by atoms with Crippen LogP contribution in [-0.2, 0) is 16.2 Å². The molecular formula is C53H47N5. The molecule has 0 aliphatic rings. The van der Waals surface area contributed by atoms with E-state index in [1.165, 1.54) is 21.7 Å². The van der Waals surface area contributed by atoms with Gasteiger partial charge in [-0.3, -0.25) is 14.2 Å². The van der Waals surface area contributed by atoms with E-state index < -0.39 is 5.41 Å². The average Bonchev–Trinajstić information content (AvgIpc) is 3.95. The Hall–Kier alpha value is -6.72. The summed E-state index contributed by atoms with van der Waals surface area (Å²) in [6.45, 7) is 13.5. The second-order valence-electron chi connectivity index (χ2n) is 17.7. The lowest BCUT2D eigenvalue weighted by Gasteiger charge is -2.36. The smallest absolute Gasteiger partial charge is 0.159 e. The van der Waals surface area contributed by atoms with Gasteiger partial charge in [0.1, 0.15) is 5.65 Å². The molecule has 0 spiro atoms. The first-order valence-electron chi connectivity index (χ1n) is 20.3. The van der Waals surface area contributed by atoms with Crippen LogP contribution >= 0.6 is 0 Å². The number of para-hydroxylation sites is 2. The molecule has 4 aromatic heterocycles. The number of aromatic nitrogens is 5. The van der Waals surface area contributed by atoms with Crippen molar-refractivity contribution in [3.05, 3.63) is 203 Å². The van der Waals surface area contributed by atoms with E-state index in [0.29, 0.717) is 0 Å². The molecule has 284 valence electrons. The lowest BCUT2D eigenvalue weighted by Crippen LogP contribution is -2.32. The molecule has 0 radical (unpaired) electrons. The van der Waals surface area contributed by atoms with Gasteiger partial charge in [-0.05, 0) is 70.1 Å². The fourth-order valence-electron chi connectivity index (χ4n) is 9.00. The van der Waals surface area contributed by atoms with E-state index in [0.717, 1.165) is 67.2 Å². The van der Waals surface area contributed by atoms with E-state index in [-0.39, 0.29) is 10.8 Å². The van der Waals surface area contributed by atoms with Gasteiger partial charge in [0.25, 0.3) is 0 Å². The fraction of sp³-hybridized carbons (Fsp3) is 0.170. The highest BCUT2D eigenvalue weighted by molar-refractivity contribution is 6.10. The molecule has 0 bridgehead atoms. The Balaban J connectivity index is 1.32. The third-order valence-corrected chi connectivity index (χ3v) is 12.0. The van der Waals surface area contributed by atoms with Crippen molar-refractivity contribution in [3.8, 4) is 11.5 Å². The van der Waals surface area contributed by atoms with Crippen LogP contribution in [0.15, 0.2) is 170 Å². The summed E-state index contributed by atoms with van der Waals surface area (Å²) in [6.07, 6.45) is 0. The summed E-state index contributed by atoms with van der Waals surface area (Å²) in [5, 5.41) is 13.0. The van der Waals surface area contributed by atoms with Crippen LogP contribution in [-0.4, -0.2) is 24.3 Å². The number of benzene rings is 6. The Bertz CT molecular complexity index is 3090. The van der Waals surface area contributed by atoms with Crippen LogP contribution in [0.5, 0.6) is 0 Å². The first kappa shape index (κ1) is 35.7. The van der Waals surface area contributed by atoms with E-state index in [9.17, 15) is 0 Å². The molecule has 0 aliphatic carbocycles. The first-order valence-corrected chi connectivity index (χ1v) is 20.3. The second-order valence-corrected chi connectivity index (χ2v) is 17.7. The molecule has 58 heavy (non-hydrogen) atoms. The predicted octanol–water partition coefficient (Wildman–Crippen LogP) is 13.0. The van der Waals surface area contributed by atoms with Crippen LogP contribution in [0.3, 0.4) is 0 Å². The van der Waals surface area contributed by atoms with Crippen LogP contribution in [0, 0.1) is 0 Å². The highest BCUT2D eigenvalue weighted by atomic mass is 15.2. The standard InChI is InChI=1S/C53H47N5/c1-51(2,3)37-22-17-23-39(32-37)57-44-26-15-14-25-41(44)43-30-31-47(54-50(43)57)53(35-18-9-7-10-19-35,36-20-11-8-12-21-36)38-28-29-42-40-24-13-16-27-45(40)58(46(42)33-38)49-34-48(55-56-49)52(4,5)6/h7-34H,1-6H3,(H,55,56). The number of nitrogens with zero attached hydrogens (tertiary/aromatic N) is 4. The van der Waals surface area contributed by atoms with Gasteiger partial charge < -0.3 is 0 Å². The lowest BCUT2D eigenvalue weighted by atomic mass is 9.67. The van der Waals surface area contributed by atoms with Crippen molar-refractivity contribution >= 4 is 43.7 Å². The van der Waals surface area contributed by atoms with Crippen molar-refractivity contribution in [1.82, 2.24) is 24.3 Å². The molecule has 0 saturated heterocycles. The van der Waals surface area contributed by atoms with Gasteiger partial charge >= 0.3 is 0 Å². The summed E-state index contributed by atoms with van der Waals surface area (Å²) in [7, 11) is 0. The highest BCUT2D eigenvalue weighted by Crippen LogP contribution is 2.47. The zero-order valence-corrected chi connectivity index (χ0v) is 34.0. The number of H-pyrrole nitrogens is 1. The Kier molecular flexibility index (Phi) is 8.10. The number of hydrogen-bond donors (Lipinski definition) is 1. The molecule has 0 atom stereocenters. The van der Waals surface area contributed by atoms with E-state index in [1.54, 1.807) is 0 Å². The molecule has 6 aromatic carbocycles. The summed E-state index contributed by atoms with van der Waals surface area (Å²) >= 11 is 0. The van der Waals surface area contributed by atoms with Gasteiger partial charge in [-0.15, -0.1) is 0 Å². The van der Waals surface area contributed by atoms with E-state index >= 15 is 0 Å². The predicted molar refractivity (Wildman–Crippen MR) is 241 cm³/mol. The molecule has 0 saturated carbocycles. The number of nitrogens with one attached hydrogen (secondary N) is 1. The Morgan fingerprint density at radius 3 is 1.64 bits per heavy atom. The van der Waals surface area contributed by atoms with Crippen molar-refractivity contribution in [1.29, 1.82) is 0 Å². The summed E-state index contributed by atoms with van der Waals surface area (Å²) in [5.41, 5.74) is 11.2. The quantitative estimate of drug-likeness (QED) is 0.172. The fourth-order valence-corrected chi connectivity index (χ4v) is 9.00. The molecule has 10 rings (SSSR count). The van der Waals surface area contributed by atoms with Crippen LogP contribution in [0.4, 0.5) is 0 Å². The molecule has 1 N–H and O–H groups in total. The van der Waals surface area contributed by atoms with Crippen LogP contribution in [0.1, 0.15) is 75.2 Å². The topological polar surface area (TPSA) is 51.4 Å². The third kappa shape index (κ3) is 5.52. The van der Waals surface area contributed by atoms with Gasteiger partial charge in [0, 0.05) is 44.4 Å². The minimum absolute atomic E-state index is 0.00548. The van der Waals surface area contributed by atoms with E-state index in [2.05, 4.69) is 226 Å². The monoisotopic (exact) mass is 753 g/mol. The maximum absolute atomic E-state index is 5.85. The van der Waals surface area contributed by atoms with Gasteiger partial charge in [0.15, 0.2) is 5.82 Å². The average molecular weight is 754 g/mol. The normalized spacial score (nSPS) is 12.7. The zero-order valence-electron chi connectivity index (χ0n) is 34.0. The zero-order chi connectivity index (χ0) is 39.8. The SMILES string of the molecule is CC(C)(C)c1cccc(-n2c3ccccc3c3ccc(C(c4ccccc4)(c4ccccc4)c4ccc5c6ccccc6n(-c6cc(C(C)(C)C)[nH]n6)c5c4)nc32)c1. The highest BCUT2D eigenvalue weighted by Gasteiger charge is 2.41. The molecule has 5 nitrogen and oxygen atoms in total. The van der Waals surface area contributed by atoms with Crippen LogP contribution in [0.25, 0.3) is 55.2 Å². The van der Waals surface area contributed by atoms with Crippen molar-refractivity contribution in [2.75, 3.05) is 0 Å². The number of pyridine rings is 1. The summed E-state index contributed by atoms with van der Waals surface area (Å²) in [6, 6.07) is 61.8. The second kappa shape index (κ2) is 13.2. The molecule has 0 amide bonds. The summed E-state index contributed by atoms with van der Waals surface area (Å²) in [5.74, 6) is 0.875. The molecule has 0 aliphatic heterocycles. The Morgan fingerprint density at radius 2 is 1.00 bits per heavy atom. The molecule has 10 aromatic rings. The largest absolute Gasteiger partial charge is 0.294 e. The minimum atomic E-state index is -0.789. The van der Waals surface area contributed by atoms with Crippen LogP contribution in [0.2, 0.25) is 0 Å². The van der Waals surface area contributed by atoms with Gasteiger partial charge in [0.05, 0.1) is 27.7 Å². The molecule has 4 heterocycles. The molecule has 0 unspecified atom stereocenters. The van der Waals surface area contributed by atoms with Crippen molar-refractivity contribution in [3.63, 3.8) is 0 Å². The van der Waals surface area contributed by atoms with Crippen molar-refractivity contribution < 1.29 is 0 Å². The van der Waals surface area contributed by atoms with Gasteiger partial charge in [-0.2, -0.15) is 5.10 Å². The Morgan fingerprint density at radius 1 is 0.431 bits per heavy atom. The third-order valence-electron chi connectivity index (χ3n) is 12.0. The molecule has 0 fully saturated rings. The number of hydrogen-bond acceptors (Lipinski definition) is 2. The van der Waals surface area contributed by atoms with Gasteiger partial charge in [-0.1, -0.05) is 163 Å². The lowest BCUT2D eigenvalue weighted by molar-refractivity contribution is 0.567. The summed E-state index contributed by atoms with van der Waals surface area (Å²) in [4.78, 5) is 5.85. The Labute approximate surface area is 339 Å². The number of fused-ring (bicyclic) bond motifs is 6. The number of aromatic amines is 1. The van der Waals surface area contributed by atoms with E-state index in [1.807, 2.05) is 0 Å². The number of rotatable bonds is 6. The maximum atomic E-state index is 5.85. The van der Waals surface area contributed by atoms with Crippen molar-refractivity contribution in [2.24, 2.45) is 0 Å². The maximum Gasteiger partial charge on any atom is 0.159 e. The van der Waals surface area contributed by atoms with Crippen LogP contribution < -0.4 is 0 Å². The molecule has 5 heteroatoms.